The summed E-state index contributed by atoms with van der Waals surface area (Å²) in [6, 6.07) is 5.18. The van der Waals surface area contributed by atoms with Gasteiger partial charge in [0.1, 0.15) is 6.04 Å². The molecule has 1 aromatic carbocycles. The van der Waals surface area contributed by atoms with Crippen LogP contribution in [0.25, 0.3) is 0 Å². The molecule has 3 N–H and O–H groups in total. The molecule has 1 heterocycles. The van der Waals surface area contributed by atoms with Gasteiger partial charge in [0.25, 0.3) is 0 Å². The third-order valence-corrected chi connectivity index (χ3v) is 4.28. The van der Waals surface area contributed by atoms with Crippen LogP contribution >= 0.6 is 0 Å². The van der Waals surface area contributed by atoms with Gasteiger partial charge in [0.2, 0.25) is 0 Å². The molecule has 9 heteroatoms. The average Bonchev–Trinajstić information content (AvgIpc) is 2.60. The van der Waals surface area contributed by atoms with E-state index in [1.807, 2.05) is 10.2 Å². The fourth-order valence-corrected chi connectivity index (χ4v) is 2.88. The number of alkyl halides is 3. The van der Waals surface area contributed by atoms with Crippen LogP contribution in [-0.2, 0) is 11.2 Å². The lowest BCUT2D eigenvalue weighted by Crippen LogP contribution is -2.55. The smallest absolute Gasteiger partial charge is 0.387 e. The van der Waals surface area contributed by atoms with Gasteiger partial charge < -0.3 is 20.5 Å². The maximum atomic E-state index is 13.2. The third-order valence-electron chi connectivity index (χ3n) is 4.28. The van der Waals surface area contributed by atoms with Crippen molar-refractivity contribution in [2.24, 2.45) is 0 Å². The van der Waals surface area contributed by atoms with Crippen molar-refractivity contribution in [2.75, 3.05) is 39.4 Å². The van der Waals surface area contributed by atoms with Gasteiger partial charge in [-0.3, -0.25) is 4.90 Å². The van der Waals surface area contributed by atoms with Gasteiger partial charge in [-0.1, -0.05) is 30.3 Å². The van der Waals surface area contributed by atoms with E-state index in [1.165, 1.54) is 6.92 Å². The van der Waals surface area contributed by atoms with E-state index in [0.29, 0.717) is 38.4 Å². The number of amides is 2. The first-order chi connectivity index (χ1) is 12.7. The molecule has 0 aromatic heterocycles. The Morgan fingerprint density at radius 1 is 1.26 bits per heavy atom. The van der Waals surface area contributed by atoms with Gasteiger partial charge in [0.15, 0.2) is 0 Å². The van der Waals surface area contributed by atoms with E-state index in [2.05, 4.69) is 5.32 Å². The van der Waals surface area contributed by atoms with Crippen molar-refractivity contribution >= 4 is 6.03 Å². The van der Waals surface area contributed by atoms with E-state index in [-0.39, 0.29) is 13.0 Å². The van der Waals surface area contributed by atoms with Gasteiger partial charge in [-0.15, -0.1) is 0 Å². The highest BCUT2D eigenvalue weighted by atomic mass is 19.4. The molecule has 2 rings (SSSR count). The number of hydrogen-bond acceptors (Lipinski definition) is 4. The summed E-state index contributed by atoms with van der Waals surface area (Å²) >= 11 is 0. The van der Waals surface area contributed by atoms with Crippen LogP contribution in [0.2, 0.25) is 0 Å². The topological polar surface area (TPSA) is 73.8 Å². The molecule has 6 nitrogen and oxygen atoms in total. The lowest BCUT2D eigenvalue weighted by Gasteiger charge is -2.34. The molecule has 0 radical (unpaired) electrons. The highest BCUT2D eigenvalue weighted by Gasteiger charge is 2.40. The molecular weight excluding hydrogens is 363 g/mol. The van der Waals surface area contributed by atoms with Gasteiger partial charge >= 0.3 is 12.2 Å². The van der Waals surface area contributed by atoms with Crippen LogP contribution < -0.4 is 10.6 Å². The number of carbonyl (C=O) groups is 1. The first kappa shape index (κ1) is 21.5. The second-order valence-electron chi connectivity index (χ2n) is 7.00. The standard InChI is InChI=1S/C18H26F3N3O3/c1-17(26,13-24-7-9-27-10-8-24)12-22-16(25)23-15(18(19,20)21)11-14-5-3-2-4-6-14/h2-6,15,26H,7-13H2,1H3,(H2,22,23,25)/t15-,17+/m1/s1. The highest BCUT2D eigenvalue weighted by molar-refractivity contribution is 5.74. The molecule has 27 heavy (non-hydrogen) atoms. The molecular formula is C18H26F3N3O3. The summed E-state index contributed by atoms with van der Waals surface area (Å²) in [7, 11) is 0. The minimum atomic E-state index is -4.58. The molecule has 2 atom stereocenters. The van der Waals surface area contributed by atoms with E-state index in [1.54, 1.807) is 30.3 Å². The predicted molar refractivity (Wildman–Crippen MR) is 94.4 cm³/mol. The molecule has 1 aromatic rings. The zero-order valence-electron chi connectivity index (χ0n) is 15.3. The average molecular weight is 389 g/mol. The Hall–Kier alpha value is -1.84. The van der Waals surface area contributed by atoms with Crippen molar-refractivity contribution < 1.29 is 27.8 Å². The maximum Gasteiger partial charge on any atom is 0.408 e. The van der Waals surface area contributed by atoms with Crippen LogP contribution in [0, 0.1) is 0 Å². The van der Waals surface area contributed by atoms with Gasteiger partial charge in [-0.05, 0) is 12.5 Å². The molecule has 1 aliphatic rings. The summed E-state index contributed by atoms with van der Waals surface area (Å²) in [5.74, 6) is 0. The number of carbonyl (C=O) groups excluding carboxylic acids is 1. The summed E-state index contributed by atoms with van der Waals surface area (Å²) in [5, 5.41) is 14.7. The summed E-state index contributed by atoms with van der Waals surface area (Å²) in [6.07, 6.45) is -4.94. The molecule has 1 aliphatic heterocycles. The number of rotatable bonds is 7. The summed E-state index contributed by atoms with van der Waals surface area (Å²) in [6.45, 7) is 4.13. The van der Waals surface area contributed by atoms with Gasteiger partial charge in [-0.25, -0.2) is 4.79 Å². The predicted octanol–water partition coefficient (Wildman–Crippen LogP) is 1.54. The van der Waals surface area contributed by atoms with Crippen molar-refractivity contribution in [2.45, 2.75) is 31.2 Å². The Bertz CT molecular complexity index is 591. The second-order valence-corrected chi connectivity index (χ2v) is 7.00. The molecule has 0 bridgehead atoms. The number of hydrogen-bond donors (Lipinski definition) is 3. The fourth-order valence-electron chi connectivity index (χ4n) is 2.88. The largest absolute Gasteiger partial charge is 0.408 e. The number of nitrogens with zero attached hydrogens (tertiary/aromatic N) is 1. The Labute approximate surface area is 156 Å². The number of morpholine rings is 1. The van der Waals surface area contributed by atoms with Crippen molar-refractivity contribution in [1.29, 1.82) is 0 Å². The lowest BCUT2D eigenvalue weighted by molar-refractivity contribution is -0.152. The van der Waals surface area contributed by atoms with Crippen LogP contribution in [-0.4, -0.2) is 73.2 Å². The van der Waals surface area contributed by atoms with Crippen LogP contribution in [0.3, 0.4) is 0 Å². The summed E-state index contributed by atoms with van der Waals surface area (Å²) in [4.78, 5) is 13.9. The van der Waals surface area contributed by atoms with E-state index in [4.69, 9.17) is 4.74 Å². The zero-order chi connectivity index (χ0) is 19.9. The van der Waals surface area contributed by atoms with Crippen LogP contribution in [0.15, 0.2) is 30.3 Å². The van der Waals surface area contributed by atoms with Crippen LogP contribution in [0.4, 0.5) is 18.0 Å². The number of halogens is 3. The normalized spacial score (nSPS) is 19.1. The molecule has 152 valence electrons. The minimum absolute atomic E-state index is 0.161. The van der Waals surface area contributed by atoms with Crippen molar-refractivity contribution in [3.63, 3.8) is 0 Å². The number of β-amino-alcohol motifs (C(OH)–C–C–N with tert-alkyl or cyclic N) is 1. The summed E-state index contributed by atoms with van der Waals surface area (Å²) in [5.41, 5.74) is -0.790. The van der Waals surface area contributed by atoms with Gasteiger partial charge in [-0.2, -0.15) is 13.2 Å². The van der Waals surface area contributed by atoms with Crippen LogP contribution in [0.5, 0.6) is 0 Å². The number of nitrogens with one attached hydrogen (secondary N) is 2. The highest BCUT2D eigenvalue weighted by Crippen LogP contribution is 2.23. The Morgan fingerprint density at radius 3 is 2.48 bits per heavy atom. The molecule has 0 saturated carbocycles. The number of ether oxygens (including phenoxy) is 1. The summed E-state index contributed by atoms with van der Waals surface area (Å²) < 4.78 is 44.9. The van der Waals surface area contributed by atoms with Crippen molar-refractivity contribution in [3.05, 3.63) is 35.9 Å². The monoisotopic (exact) mass is 389 g/mol. The van der Waals surface area contributed by atoms with E-state index in [0.717, 1.165) is 0 Å². The Balaban J connectivity index is 1.85. The number of aliphatic hydroxyl groups is 1. The van der Waals surface area contributed by atoms with Crippen LogP contribution in [0.1, 0.15) is 12.5 Å². The van der Waals surface area contributed by atoms with E-state index >= 15 is 0 Å². The molecule has 0 spiro atoms. The molecule has 1 fully saturated rings. The first-order valence-electron chi connectivity index (χ1n) is 8.83. The molecule has 0 unspecified atom stereocenters. The number of urea groups is 1. The van der Waals surface area contributed by atoms with Crippen molar-refractivity contribution in [1.82, 2.24) is 15.5 Å². The molecule has 0 aliphatic carbocycles. The number of benzene rings is 1. The third kappa shape index (κ3) is 7.74. The van der Waals surface area contributed by atoms with Crippen molar-refractivity contribution in [3.8, 4) is 0 Å². The van der Waals surface area contributed by atoms with Gasteiger partial charge in [0.05, 0.1) is 18.8 Å². The van der Waals surface area contributed by atoms with E-state index < -0.39 is 23.9 Å². The maximum absolute atomic E-state index is 13.2. The minimum Gasteiger partial charge on any atom is -0.387 e. The fraction of sp³-hybridized carbons (Fsp3) is 0.611. The lowest BCUT2D eigenvalue weighted by atomic mass is 10.1. The second kappa shape index (κ2) is 9.38. The van der Waals surface area contributed by atoms with Gasteiger partial charge in [0, 0.05) is 32.6 Å². The Kier molecular flexibility index (Phi) is 7.46. The zero-order valence-corrected chi connectivity index (χ0v) is 15.3. The first-order valence-corrected chi connectivity index (χ1v) is 8.83. The Morgan fingerprint density at radius 2 is 1.89 bits per heavy atom. The molecule has 2 amide bonds. The molecule has 1 saturated heterocycles. The quantitative estimate of drug-likeness (QED) is 0.662. The SMILES string of the molecule is C[C@](O)(CNC(=O)N[C@H](Cc1ccccc1)C(F)(F)F)CN1CCOCC1. The van der Waals surface area contributed by atoms with E-state index in [9.17, 15) is 23.1 Å².